The van der Waals surface area contributed by atoms with Gasteiger partial charge in [0.2, 0.25) is 6.79 Å². The van der Waals surface area contributed by atoms with E-state index in [0.29, 0.717) is 48.1 Å². The van der Waals surface area contributed by atoms with Gasteiger partial charge in [0.1, 0.15) is 5.75 Å². The molecule has 5 rings (SSSR count). The van der Waals surface area contributed by atoms with Crippen molar-refractivity contribution in [2.75, 3.05) is 56.1 Å². The lowest BCUT2D eigenvalue weighted by atomic mass is 10.0. The molecule has 4 N–H and O–H groups in total. The first-order chi connectivity index (χ1) is 25.7. The zero-order valence-corrected chi connectivity index (χ0v) is 30.6. The lowest BCUT2D eigenvalue weighted by Crippen LogP contribution is -2.48. The van der Waals surface area contributed by atoms with Gasteiger partial charge in [0, 0.05) is 55.8 Å². The van der Waals surface area contributed by atoms with Crippen molar-refractivity contribution < 1.29 is 51.6 Å². The number of aliphatic hydroxyl groups excluding tert-OH is 1. The number of rotatable bonds is 7. The average Bonchev–Trinajstić information content (AvgIpc) is 3.60. The molecule has 13 nitrogen and oxygen atoms in total. The summed E-state index contributed by atoms with van der Waals surface area (Å²) in [5.41, 5.74) is 0.343. The maximum Gasteiger partial charge on any atom is 0.416 e. The number of hydrogen-bond acceptors (Lipinski definition) is 8. The molecule has 0 saturated carbocycles. The molecular formula is C38H46F3N5O8. The first-order valence-electron chi connectivity index (χ1n) is 17.7. The number of hydrogen-bond donors (Lipinski definition) is 4. The number of nitrogens with zero attached hydrogens (tertiary/aromatic N) is 2. The Morgan fingerprint density at radius 3 is 2.26 bits per heavy atom. The smallest absolute Gasteiger partial charge is 0.416 e. The topological polar surface area (TPSA) is 151 Å². The Bertz CT molecular complexity index is 1780. The monoisotopic (exact) mass is 757 g/mol. The van der Waals surface area contributed by atoms with Crippen LogP contribution in [-0.2, 0) is 10.9 Å². The van der Waals surface area contributed by atoms with Crippen molar-refractivity contribution in [2.45, 2.75) is 64.5 Å². The predicted octanol–water partition coefficient (Wildman–Crippen LogP) is 7.04. The SMILES string of the molecule is C[C@@H]1CN([C@@H](C)CO)C(=O)c2cc(NC(=O)Nc3ccc4c(c3)OCO4)ccc2O[C@@H](C)CCCCO[C@H]1CN(C)C(=O)Nc1ccc(C(F)(F)F)cc1. The van der Waals surface area contributed by atoms with Crippen molar-refractivity contribution in [3.63, 3.8) is 0 Å². The number of ether oxygens (including phenoxy) is 4. The van der Waals surface area contributed by atoms with Gasteiger partial charge in [-0.2, -0.15) is 13.2 Å². The molecule has 0 aromatic heterocycles. The molecule has 0 unspecified atom stereocenters. The van der Waals surface area contributed by atoms with Crippen LogP contribution < -0.4 is 30.2 Å². The van der Waals surface area contributed by atoms with E-state index in [1.807, 2.05) is 13.8 Å². The van der Waals surface area contributed by atoms with Crippen LogP contribution in [0.2, 0.25) is 0 Å². The van der Waals surface area contributed by atoms with Crippen molar-refractivity contribution in [3.8, 4) is 17.2 Å². The normalized spacial score (nSPS) is 19.8. The van der Waals surface area contributed by atoms with Crippen molar-refractivity contribution in [2.24, 2.45) is 5.92 Å². The highest BCUT2D eigenvalue weighted by atomic mass is 19.4. The molecular weight excluding hydrogens is 711 g/mol. The second kappa shape index (κ2) is 17.7. The van der Waals surface area contributed by atoms with Crippen LogP contribution in [0, 0.1) is 5.92 Å². The van der Waals surface area contributed by atoms with Gasteiger partial charge in [-0.05, 0) is 87.7 Å². The molecule has 3 aromatic carbocycles. The van der Waals surface area contributed by atoms with Gasteiger partial charge in [0.05, 0.1) is 36.0 Å². The molecule has 5 amide bonds. The minimum absolute atomic E-state index is 0.0933. The summed E-state index contributed by atoms with van der Waals surface area (Å²) in [5.74, 6) is 0.590. The summed E-state index contributed by atoms with van der Waals surface area (Å²) < 4.78 is 62.3. The van der Waals surface area contributed by atoms with E-state index in [9.17, 15) is 32.7 Å². The van der Waals surface area contributed by atoms with Crippen molar-refractivity contribution >= 4 is 35.0 Å². The molecule has 0 saturated heterocycles. The lowest BCUT2D eigenvalue weighted by Gasteiger charge is -2.35. The molecule has 292 valence electrons. The molecule has 0 aliphatic carbocycles. The first kappa shape index (κ1) is 40.0. The van der Waals surface area contributed by atoms with Crippen LogP contribution in [0.1, 0.15) is 56.0 Å². The number of halogens is 3. The molecule has 2 aliphatic rings. The van der Waals surface area contributed by atoms with Gasteiger partial charge in [0.15, 0.2) is 11.5 Å². The van der Waals surface area contributed by atoms with Gasteiger partial charge < -0.3 is 49.8 Å². The van der Waals surface area contributed by atoms with Crippen LogP contribution in [-0.4, -0.2) is 91.3 Å². The first-order valence-corrected chi connectivity index (χ1v) is 17.7. The van der Waals surface area contributed by atoms with Gasteiger partial charge in [0.25, 0.3) is 5.91 Å². The van der Waals surface area contributed by atoms with E-state index in [1.54, 1.807) is 44.3 Å². The molecule has 0 spiro atoms. The minimum Gasteiger partial charge on any atom is -0.490 e. The number of carbonyl (C=O) groups excluding carboxylic acids is 3. The molecule has 3 aromatic rings. The van der Waals surface area contributed by atoms with Gasteiger partial charge in [-0.3, -0.25) is 4.79 Å². The number of likely N-dealkylation sites (N-methyl/N-ethyl adjacent to an activating group) is 1. The summed E-state index contributed by atoms with van der Waals surface area (Å²) in [5, 5.41) is 18.4. The quantitative estimate of drug-likeness (QED) is 0.201. The van der Waals surface area contributed by atoms with Crippen molar-refractivity contribution in [1.82, 2.24) is 9.80 Å². The maximum absolute atomic E-state index is 14.4. The Morgan fingerprint density at radius 2 is 1.57 bits per heavy atom. The third-order valence-corrected chi connectivity index (χ3v) is 9.20. The zero-order chi connectivity index (χ0) is 39.0. The Balaban J connectivity index is 1.33. The summed E-state index contributed by atoms with van der Waals surface area (Å²) in [6.45, 7) is 5.83. The van der Waals surface area contributed by atoms with Crippen LogP contribution >= 0.6 is 0 Å². The largest absolute Gasteiger partial charge is 0.490 e. The maximum atomic E-state index is 14.4. The second-order valence-electron chi connectivity index (χ2n) is 13.5. The summed E-state index contributed by atoms with van der Waals surface area (Å²) in [4.78, 5) is 43.4. The minimum atomic E-state index is -4.50. The number of fused-ring (bicyclic) bond motifs is 2. The Kier molecular flexibility index (Phi) is 13.1. The molecule has 16 heteroatoms. The number of amides is 5. The van der Waals surface area contributed by atoms with Crippen LogP contribution in [0.4, 0.5) is 39.8 Å². The zero-order valence-electron chi connectivity index (χ0n) is 30.6. The highest BCUT2D eigenvalue weighted by Crippen LogP contribution is 2.35. The molecule has 4 atom stereocenters. The van der Waals surface area contributed by atoms with E-state index in [4.69, 9.17) is 18.9 Å². The van der Waals surface area contributed by atoms with E-state index in [-0.39, 0.29) is 49.8 Å². The van der Waals surface area contributed by atoms with E-state index in [1.165, 1.54) is 28.0 Å². The molecule has 2 aliphatic heterocycles. The van der Waals surface area contributed by atoms with Gasteiger partial charge in [-0.15, -0.1) is 0 Å². The van der Waals surface area contributed by atoms with Crippen LogP contribution in [0.5, 0.6) is 17.2 Å². The Labute approximate surface area is 311 Å². The molecule has 0 bridgehead atoms. The Hall–Kier alpha value is -5.22. The Morgan fingerprint density at radius 1 is 0.926 bits per heavy atom. The highest BCUT2D eigenvalue weighted by molar-refractivity contribution is 6.02. The standard InChI is InChI=1S/C38H46F3N5O8/c1-23-19-46(24(2)21-47)35(48)30-17-28(42-36(49)43-29-13-15-32-33(18-29)53-22-52-32)12-14-31(30)54-25(3)7-5-6-16-51-34(23)20-45(4)37(50)44-27-10-8-26(9-11-27)38(39,40)41/h8-15,17-18,23-25,34,47H,5-7,16,19-22H2,1-4H3,(H,44,50)(H2,42,43,49)/t23-,24+,25+,34+/m1/s1. The van der Waals surface area contributed by atoms with E-state index < -0.39 is 41.9 Å². The summed E-state index contributed by atoms with van der Waals surface area (Å²) in [6.07, 6.45) is -3.23. The predicted molar refractivity (Wildman–Crippen MR) is 195 cm³/mol. The number of anilines is 3. The van der Waals surface area contributed by atoms with Crippen LogP contribution in [0.15, 0.2) is 60.7 Å². The number of alkyl halides is 3. The highest BCUT2D eigenvalue weighted by Gasteiger charge is 2.32. The number of aliphatic hydroxyl groups is 1. The fourth-order valence-corrected chi connectivity index (χ4v) is 6.04. The molecule has 2 heterocycles. The molecule has 0 fully saturated rings. The van der Waals surface area contributed by atoms with Gasteiger partial charge >= 0.3 is 18.2 Å². The number of nitrogens with one attached hydrogen (secondary N) is 3. The second-order valence-corrected chi connectivity index (χ2v) is 13.5. The summed E-state index contributed by atoms with van der Waals surface area (Å²) in [7, 11) is 1.55. The lowest BCUT2D eigenvalue weighted by molar-refractivity contribution is -0.137. The number of urea groups is 2. The van der Waals surface area contributed by atoms with Crippen molar-refractivity contribution in [1.29, 1.82) is 0 Å². The van der Waals surface area contributed by atoms with E-state index >= 15 is 0 Å². The van der Waals surface area contributed by atoms with Gasteiger partial charge in [-0.1, -0.05) is 6.92 Å². The van der Waals surface area contributed by atoms with Crippen molar-refractivity contribution in [3.05, 3.63) is 71.8 Å². The summed E-state index contributed by atoms with van der Waals surface area (Å²) >= 11 is 0. The van der Waals surface area contributed by atoms with Gasteiger partial charge in [-0.25, -0.2) is 9.59 Å². The van der Waals surface area contributed by atoms with Crippen LogP contribution in [0.25, 0.3) is 0 Å². The summed E-state index contributed by atoms with van der Waals surface area (Å²) in [6, 6.07) is 12.2. The fraction of sp³-hybridized carbons (Fsp3) is 0.447. The average molecular weight is 758 g/mol. The van der Waals surface area contributed by atoms with E-state index in [2.05, 4.69) is 16.0 Å². The van der Waals surface area contributed by atoms with E-state index in [0.717, 1.165) is 18.6 Å². The molecule has 54 heavy (non-hydrogen) atoms. The fourth-order valence-electron chi connectivity index (χ4n) is 6.04. The third-order valence-electron chi connectivity index (χ3n) is 9.20. The van der Waals surface area contributed by atoms with Crippen LogP contribution in [0.3, 0.4) is 0 Å². The molecule has 0 radical (unpaired) electrons. The number of carbonyl (C=O) groups is 3. The number of benzene rings is 3. The third kappa shape index (κ3) is 10.5.